The molecule has 2 unspecified atom stereocenters. The summed E-state index contributed by atoms with van der Waals surface area (Å²) in [4.78, 5) is 5.28. The maximum Gasteiger partial charge on any atom is 0.0376 e. The van der Waals surface area contributed by atoms with Gasteiger partial charge in [0.2, 0.25) is 0 Å². The van der Waals surface area contributed by atoms with Crippen LogP contribution in [0.3, 0.4) is 0 Å². The van der Waals surface area contributed by atoms with Crippen LogP contribution in [0.1, 0.15) is 31.7 Å². The zero-order valence-corrected chi connectivity index (χ0v) is 12.8. The SMILES string of the molecule is CCN(CC)C1CCN(CC2CNc3ccccc32)C1. The molecule has 1 aromatic carbocycles. The molecule has 0 amide bonds. The Labute approximate surface area is 123 Å². The number of anilines is 1. The first-order valence-corrected chi connectivity index (χ1v) is 8.11. The molecular weight excluding hydrogens is 246 g/mol. The van der Waals surface area contributed by atoms with Gasteiger partial charge >= 0.3 is 0 Å². The van der Waals surface area contributed by atoms with Crippen molar-refractivity contribution in [3.8, 4) is 0 Å². The third-order valence-corrected chi connectivity index (χ3v) is 4.99. The number of nitrogens with one attached hydrogen (secondary N) is 1. The molecule has 1 fully saturated rings. The Morgan fingerprint density at radius 2 is 2.05 bits per heavy atom. The van der Waals surface area contributed by atoms with Crippen molar-refractivity contribution in [2.24, 2.45) is 0 Å². The van der Waals surface area contributed by atoms with E-state index >= 15 is 0 Å². The van der Waals surface area contributed by atoms with Crippen LogP contribution in [0.5, 0.6) is 0 Å². The molecule has 0 bridgehead atoms. The second kappa shape index (κ2) is 6.15. The smallest absolute Gasteiger partial charge is 0.0376 e. The van der Waals surface area contributed by atoms with Crippen LogP contribution in [0.4, 0.5) is 5.69 Å². The molecule has 0 radical (unpaired) electrons. The number of rotatable bonds is 5. The van der Waals surface area contributed by atoms with Crippen LogP contribution in [0, 0.1) is 0 Å². The molecule has 0 saturated carbocycles. The fourth-order valence-electron chi connectivity index (χ4n) is 3.85. The quantitative estimate of drug-likeness (QED) is 0.889. The van der Waals surface area contributed by atoms with E-state index in [1.54, 1.807) is 0 Å². The third kappa shape index (κ3) is 2.70. The number of likely N-dealkylation sites (N-methyl/N-ethyl adjacent to an activating group) is 1. The van der Waals surface area contributed by atoms with E-state index in [1.807, 2.05) is 0 Å². The van der Waals surface area contributed by atoms with Crippen molar-refractivity contribution in [2.75, 3.05) is 44.6 Å². The molecule has 0 aromatic heterocycles. The first kappa shape index (κ1) is 13.9. The van der Waals surface area contributed by atoms with Gasteiger partial charge in [-0.3, -0.25) is 4.90 Å². The van der Waals surface area contributed by atoms with Crippen molar-refractivity contribution >= 4 is 5.69 Å². The molecule has 2 heterocycles. The highest BCUT2D eigenvalue weighted by Gasteiger charge is 2.30. The van der Waals surface area contributed by atoms with Crippen LogP contribution in [-0.4, -0.2) is 55.1 Å². The number of hydrogen-bond acceptors (Lipinski definition) is 3. The summed E-state index contributed by atoms with van der Waals surface area (Å²) in [6, 6.07) is 9.56. The van der Waals surface area contributed by atoms with Crippen molar-refractivity contribution in [1.82, 2.24) is 9.80 Å². The van der Waals surface area contributed by atoms with E-state index in [4.69, 9.17) is 0 Å². The van der Waals surface area contributed by atoms with Crippen molar-refractivity contribution in [1.29, 1.82) is 0 Å². The van der Waals surface area contributed by atoms with E-state index in [9.17, 15) is 0 Å². The average Bonchev–Trinajstić information content (AvgIpc) is 3.09. The molecule has 1 saturated heterocycles. The lowest BCUT2D eigenvalue weighted by molar-refractivity contribution is 0.208. The molecule has 0 aliphatic carbocycles. The molecule has 2 aliphatic heterocycles. The molecular formula is C17H27N3. The standard InChI is InChI=1S/C17H27N3/c1-3-20(4-2)15-9-10-19(13-15)12-14-11-18-17-8-6-5-7-16(14)17/h5-8,14-15,18H,3-4,9-13H2,1-2H3. The number of nitrogens with zero attached hydrogens (tertiary/aromatic N) is 2. The molecule has 110 valence electrons. The summed E-state index contributed by atoms with van der Waals surface area (Å²) >= 11 is 0. The normalized spacial score (nSPS) is 25.9. The molecule has 1 aromatic rings. The number of fused-ring (bicyclic) bond motifs is 1. The van der Waals surface area contributed by atoms with Gasteiger partial charge in [0.05, 0.1) is 0 Å². The molecule has 2 atom stereocenters. The fourth-order valence-corrected chi connectivity index (χ4v) is 3.85. The second-order valence-electron chi connectivity index (χ2n) is 6.09. The van der Waals surface area contributed by atoms with Gasteiger partial charge in [-0.2, -0.15) is 0 Å². The Morgan fingerprint density at radius 1 is 1.25 bits per heavy atom. The minimum absolute atomic E-state index is 0.668. The first-order chi connectivity index (χ1) is 9.81. The van der Waals surface area contributed by atoms with Gasteiger partial charge < -0.3 is 10.2 Å². The maximum absolute atomic E-state index is 3.54. The summed E-state index contributed by atoms with van der Waals surface area (Å²) in [6.07, 6.45) is 1.34. The van der Waals surface area contributed by atoms with Gasteiger partial charge in [-0.1, -0.05) is 32.0 Å². The van der Waals surface area contributed by atoms with Crippen LogP contribution in [0.2, 0.25) is 0 Å². The number of likely N-dealkylation sites (tertiary alicyclic amines) is 1. The minimum Gasteiger partial charge on any atom is -0.384 e. The molecule has 3 rings (SSSR count). The number of hydrogen-bond donors (Lipinski definition) is 1. The average molecular weight is 273 g/mol. The van der Waals surface area contributed by atoms with Crippen molar-refractivity contribution in [2.45, 2.75) is 32.2 Å². The van der Waals surface area contributed by atoms with Gasteiger partial charge in [-0.25, -0.2) is 0 Å². The van der Waals surface area contributed by atoms with Gasteiger partial charge in [0.1, 0.15) is 0 Å². The maximum atomic E-state index is 3.54. The molecule has 3 heteroatoms. The van der Waals surface area contributed by atoms with E-state index < -0.39 is 0 Å². The summed E-state index contributed by atoms with van der Waals surface area (Å²) in [6.45, 7) is 11.8. The molecule has 3 nitrogen and oxygen atoms in total. The van der Waals surface area contributed by atoms with Gasteiger partial charge in [-0.15, -0.1) is 0 Å². The monoisotopic (exact) mass is 273 g/mol. The Balaban J connectivity index is 1.58. The van der Waals surface area contributed by atoms with Gasteiger partial charge in [0.15, 0.2) is 0 Å². The molecule has 0 spiro atoms. The van der Waals surface area contributed by atoms with Crippen LogP contribution >= 0.6 is 0 Å². The predicted molar refractivity (Wildman–Crippen MR) is 85.4 cm³/mol. The van der Waals surface area contributed by atoms with Crippen molar-refractivity contribution in [3.05, 3.63) is 29.8 Å². The lowest BCUT2D eigenvalue weighted by Crippen LogP contribution is -2.38. The predicted octanol–water partition coefficient (Wildman–Crippen LogP) is 2.61. The van der Waals surface area contributed by atoms with E-state index in [0.717, 1.165) is 12.6 Å². The van der Waals surface area contributed by atoms with Gasteiger partial charge in [0.25, 0.3) is 0 Å². The second-order valence-corrected chi connectivity index (χ2v) is 6.09. The van der Waals surface area contributed by atoms with E-state index in [1.165, 1.54) is 50.4 Å². The Bertz CT molecular complexity index is 442. The zero-order chi connectivity index (χ0) is 13.9. The Morgan fingerprint density at radius 3 is 2.85 bits per heavy atom. The summed E-state index contributed by atoms with van der Waals surface area (Å²) in [5, 5.41) is 3.54. The van der Waals surface area contributed by atoms with Gasteiger partial charge in [-0.05, 0) is 37.7 Å². The fraction of sp³-hybridized carbons (Fsp3) is 0.647. The Kier molecular flexibility index (Phi) is 4.27. The highest BCUT2D eigenvalue weighted by atomic mass is 15.2. The largest absolute Gasteiger partial charge is 0.384 e. The lowest BCUT2D eigenvalue weighted by Gasteiger charge is -2.27. The summed E-state index contributed by atoms with van der Waals surface area (Å²) in [5.41, 5.74) is 2.86. The van der Waals surface area contributed by atoms with E-state index in [-0.39, 0.29) is 0 Å². The molecule has 2 aliphatic rings. The minimum atomic E-state index is 0.668. The van der Waals surface area contributed by atoms with Crippen LogP contribution < -0.4 is 5.32 Å². The zero-order valence-electron chi connectivity index (χ0n) is 12.8. The topological polar surface area (TPSA) is 18.5 Å². The van der Waals surface area contributed by atoms with E-state index in [0.29, 0.717) is 5.92 Å². The lowest BCUT2D eigenvalue weighted by atomic mass is 10.0. The van der Waals surface area contributed by atoms with E-state index in [2.05, 4.69) is 53.2 Å². The highest BCUT2D eigenvalue weighted by molar-refractivity contribution is 5.57. The summed E-state index contributed by atoms with van der Waals surface area (Å²) in [5.74, 6) is 0.668. The van der Waals surface area contributed by atoms with Crippen LogP contribution in [0.15, 0.2) is 24.3 Å². The summed E-state index contributed by atoms with van der Waals surface area (Å²) < 4.78 is 0. The number of para-hydroxylation sites is 1. The van der Waals surface area contributed by atoms with Crippen molar-refractivity contribution < 1.29 is 0 Å². The highest BCUT2D eigenvalue weighted by Crippen LogP contribution is 2.32. The number of benzene rings is 1. The molecule has 20 heavy (non-hydrogen) atoms. The van der Waals surface area contributed by atoms with Crippen LogP contribution in [0.25, 0.3) is 0 Å². The van der Waals surface area contributed by atoms with Gasteiger partial charge in [0, 0.05) is 37.3 Å². The molecule has 1 N–H and O–H groups in total. The van der Waals surface area contributed by atoms with Crippen molar-refractivity contribution in [3.63, 3.8) is 0 Å². The first-order valence-electron chi connectivity index (χ1n) is 8.11. The Hall–Kier alpha value is -1.06. The third-order valence-electron chi connectivity index (χ3n) is 4.99. The van der Waals surface area contributed by atoms with Crippen LogP contribution in [-0.2, 0) is 0 Å². The summed E-state index contributed by atoms with van der Waals surface area (Å²) in [7, 11) is 0.